The molecule has 0 saturated carbocycles. The normalized spacial score (nSPS) is 11.0. The van der Waals surface area contributed by atoms with Crippen molar-refractivity contribution in [2.45, 2.75) is 18.4 Å². The summed E-state index contributed by atoms with van der Waals surface area (Å²) in [6, 6.07) is 9.97. The van der Waals surface area contributed by atoms with Crippen LogP contribution in [0.25, 0.3) is 0 Å². The Bertz CT molecular complexity index is 750. The quantitative estimate of drug-likeness (QED) is 0.928. The first-order valence-electron chi connectivity index (χ1n) is 5.92. The molecule has 2 aromatic rings. The highest BCUT2D eigenvalue weighted by Crippen LogP contribution is 2.16. The molecule has 0 unspecified atom stereocenters. The largest absolute Gasteiger partial charge is 0.265 e. The Balaban J connectivity index is 2.21. The Labute approximate surface area is 118 Å². The Morgan fingerprint density at radius 3 is 2.55 bits per heavy atom. The van der Waals surface area contributed by atoms with Gasteiger partial charge >= 0.3 is 0 Å². The number of aromatic nitrogens is 1. The topological polar surface area (TPSA) is 82.8 Å². The number of hydrogen-bond donors (Lipinski definition) is 1. The third-order valence-corrected chi connectivity index (χ3v) is 4.37. The molecule has 1 aromatic carbocycles. The van der Waals surface area contributed by atoms with Gasteiger partial charge in [0.2, 0.25) is 10.0 Å². The highest BCUT2D eigenvalue weighted by Gasteiger charge is 2.16. The molecule has 0 fully saturated rings. The first-order valence-corrected chi connectivity index (χ1v) is 7.40. The molecule has 0 spiro atoms. The molecule has 0 bridgehead atoms. The van der Waals surface area contributed by atoms with Crippen LogP contribution in [0, 0.1) is 18.3 Å². The number of benzene rings is 1. The van der Waals surface area contributed by atoms with Gasteiger partial charge in [0.15, 0.2) is 0 Å². The fraction of sp³-hybridized carbons (Fsp3) is 0.143. The van der Waals surface area contributed by atoms with Crippen molar-refractivity contribution in [1.82, 2.24) is 9.71 Å². The third kappa shape index (κ3) is 3.20. The molecule has 1 N–H and O–H groups in total. The van der Waals surface area contributed by atoms with Crippen molar-refractivity contribution in [3.63, 3.8) is 0 Å². The number of pyridine rings is 1. The summed E-state index contributed by atoms with van der Waals surface area (Å²) in [5.74, 6) is 0. The molecule has 0 aliphatic carbocycles. The molecule has 5 nitrogen and oxygen atoms in total. The second-order valence-electron chi connectivity index (χ2n) is 4.27. The van der Waals surface area contributed by atoms with Gasteiger partial charge in [-0.15, -0.1) is 0 Å². The van der Waals surface area contributed by atoms with Crippen molar-refractivity contribution in [2.75, 3.05) is 0 Å². The van der Waals surface area contributed by atoms with E-state index < -0.39 is 10.0 Å². The number of aryl methyl sites for hydroxylation is 1. The molecule has 0 radical (unpaired) electrons. The van der Waals surface area contributed by atoms with E-state index in [4.69, 9.17) is 5.26 Å². The molecule has 6 heteroatoms. The minimum absolute atomic E-state index is 0.186. The summed E-state index contributed by atoms with van der Waals surface area (Å²) in [5.41, 5.74) is 1.82. The number of sulfonamides is 1. The van der Waals surface area contributed by atoms with Crippen LogP contribution in [0.4, 0.5) is 0 Å². The van der Waals surface area contributed by atoms with Gasteiger partial charge in [-0.3, -0.25) is 4.98 Å². The lowest BCUT2D eigenvalue weighted by molar-refractivity contribution is 0.580. The lowest BCUT2D eigenvalue weighted by Crippen LogP contribution is -2.24. The van der Waals surface area contributed by atoms with Gasteiger partial charge in [0.1, 0.15) is 0 Å². The van der Waals surface area contributed by atoms with Gasteiger partial charge in [-0.05, 0) is 48.4 Å². The molecule has 0 aliphatic heterocycles. The van der Waals surface area contributed by atoms with Crippen LogP contribution >= 0.6 is 0 Å². The van der Waals surface area contributed by atoms with E-state index in [9.17, 15) is 8.42 Å². The van der Waals surface area contributed by atoms with E-state index >= 15 is 0 Å². The zero-order valence-electron chi connectivity index (χ0n) is 10.9. The Morgan fingerprint density at radius 1 is 1.25 bits per heavy atom. The van der Waals surface area contributed by atoms with Crippen molar-refractivity contribution >= 4 is 10.0 Å². The summed E-state index contributed by atoms with van der Waals surface area (Å²) < 4.78 is 27.0. The third-order valence-electron chi connectivity index (χ3n) is 2.81. The van der Waals surface area contributed by atoms with Crippen molar-refractivity contribution in [2.24, 2.45) is 0 Å². The molecule has 102 valence electrons. The van der Waals surface area contributed by atoms with E-state index in [0.29, 0.717) is 11.1 Å². The van der Waals surface area contributed by atoms with Crippen molar-refractivity contribution in [3.8, 4) is 6.07 Å². The molecule has 0 saturated heterocycles. The maximum Gasteiger partial charge on any atom is 0.241 e. The monoisotopic (exact) mass is 287 g/mol. The summed E-state index contributed by atoms with van der Waals surface area (Å²) in [7, 11) is -3.59. The minimum Gasteiger partial charge on any atom is -0.265 e. The highest BCUT2D eigenvalue weighted by molar-refractivity contribution is 7.89. The molecule has 2 rings (SSSR count). The van der Waals surface area contributed by atoms with Gasteiger partial charge < -0.3 is 0 Å². The fourth-order valence-electron chi connectivity index (χ4n) is 1.78. The van der Waals surface area contributed by atoms with Gasteiger partial charge in [0.25, 0.3) is 0 Å². The zero-order valence-corrected chi connectivity index (χ0v) is 11.7. The number of nitrogens with one attached hydrogen (secondary N) is 1. The molecular formula is C14H13N3O2S. The van der Waals surface area contributed by atoms with E-state index in [0.717, 1.165) is 5.56 Å². The molecule has 1 heterocycles. The second kappa shape index (κ2) is 5.82. The van der Waals surface area contributed by atoms with Gasteiger partial charge in [-0.25, -0.2) is 13.1 Å². The minimum atomic E-state index is -3.59. The summed E-state index contributed by atoms with van der Waals surface area (Å²) >= 11 is 0. The van der Waals surface area contributed by atoms with Crippen LogP contribution < -0.4 is 4.72 Å². The Hall–Kier alpha value is -2.23. The van der Waals surface area contributed by atoms with Crippen LogP contribution in [0.15, 0.2) is 47.6 Å². The summed E-state index contributed by atoms with van der Waals surface area (Å²) in [6.07, 6.45) is 3.22. The van der Waals surface area contributed by atoms with Gasteiger partial charge in [-0.2, -0.15) is 5.26 Å². The first-order chi connectivity index (χ1) is 9.53. The van der Waals surface area contributed by atoms with Crippen LogP contribution in [-0.2, 0) is 16.6 Å². The van der Waals surface area contributed by atoms with E-state index in [2.05, 4.69) is 9.71 Å². The van der Waals surface area contributed by atoms with Gasteiger partial charge in [-0.1, -0.05) is 0 Å². The molecule has 0 atom stereocenters. The van der Waals surface area contributed by atoms with E-state index in [-0.39, 0.29) is 11.4 Å². The van der Waals surface area contributed by atoms with Crippen molar-refractivity contribution in [1.29, 1.82) is 5.26 Å². The molecular weight excluding hydrogens is 274 g/mol. The van der Waals surface area contributed by atoms with Crippen LogP contribution in [-0.4, -0.2) is 13.4 Å². The summed E-state index contributed by atoms with van der Waals surface area (Å²) in [4.78, 5) is 4.06. The molecule has 0 amide bonds. The Morgan fingerprint density at radius 2 is 1.95 bits per heavy atom. The number of nitrogens with zero attached hydrogens (tertiary/aromatic N) is 2. The fourth-order valence-corrected chi connectivity index (χ4v) is 3.02. The van der Waals surface area contributed by atoms with E-state index in [1.807, 2.05) is 6.07 Å². The SMILES string of the molecule is Cc1cc(C#N)ccc1S(=O)(=O)NCc1ccncc1. The Kier molecular flexibility index (Phi) is 4.13. The van der Waals surface area contributed by atoms with Crippen LogP contribution in [0.3, 0.4) is 0 Å². The molecule has 1 aromatic heterocycles. The van der Waals surface area contributed by atoms with E-state index in [1.54, 1.807) is 37.5 Å². The van der Waals surface area contributed by atoms with Gasteiger partial charge in [0, 0.05) is 18.9 Å². The average molecular weight is 287 g/mol. The maximum atomic E-state index is 12.2. The van der Waals surface area contributed by atoms with E-state index in [1.165, 1.54) is 12.1 Å². The average Bonchev–Trinajstić information content (AvgIpc) is 2.46. The zero-order chi connectivity index (χ0) is 14.6. The highest BCUT2D eigenvalue weighted by atomic mass is 32.2. The van der Waals surface area contributed by atoms with Crippen LogP contribution in [0.2, 0.25) is 0 Å². The molecule has 0 aliphatic rings. The predicted octanol–water partition coefficient (Wildman–Crippen LogP) is 1.74. The standard InChI is InChI=1S/C14H13N3O2S/c1-11-8-13(9-15)2-3-14(11)20(18,19)17-10-12-4-6-16-7-5-12/h2-8,17H,10H2,1H3. The molecule has 20 heavy (non-hydrogen) atoms. The van der Waals surface area contributed by atoms with Gasteiger partial charge in [0.05, 0.1) is 16.5 Å². The van der Waals surface area contributed by atoms with Crippen molar-refractivity contribution in [3.05, 3.63) is 59.4 Å². The summed E-state index contributed by atoms with van der Waals surface area (Å²) in [5, 5.41) is 8.79. The van der Waals surface area contributed by atoms with Crippen LogP contribution in [0.5, 0.6) is 0 Å². The smallest absolute Gasteiger partial charge is 0.241 e. The number of nitriles is 1. The number of hydrogen-bond acceptors (Lipinski definition) is 4. The number of rotatable bonds is 4. The second-order valence-corrected chi connectivity index (χ2v) is 6.01. The predicted molar refractivity (Wildman–Crippen MR) is 74.2 cm³/mol. The summed E-state index contributed by atoms with van der Waals surface area (Å²) in [6.45, 7) is 1.87. The van der Waals surface area contributed by atoms with Crippen LogP contribution in [0.1, 0.15) is 16.7 Å². The maximum absolute atomic E-state index is 12.2. The first kappa shape index (κ1) is 14.2. The lowest BCUT2D eigenvalue weighted by Gasteiger charge is -2.09. The lowest BCUT2D eigenvalue weighted by atomic mass is 10.2. The van der Waals surface area contributed by atoms with Crippen molar-refractivity contribution < 1.29 is 8.42 Å².